The minimum atomic E-state index is 1.10. The average molecular weight is 301 g/mol. The van der Waals surface area contributed by atoms with Crippen molar-refractivity contribution in [3.05, 3.63) is 89.4 Å². The molecule has 1 aromatic heterocycles. The van der Waals surface area contributed by atoms with Gasteiger partial charge >= 0.3 is 0 Å². The highest BCUT2D eigenvalue weighted by atomic mass is 32.1. The van der Waals surface area contributed by atoms with Gasteiger partial charge in [-0.25, -0.2) is 4.98 Å². The van der Waals surface area contributed by atoms with Crippen LogP contribution in [0, 0.1) is 0 Å². The molecule has 22 heavy (non-hydrogen) atoms. The largest absolute Gasteiger partial charge is 0.245 e. The predicted molar refractivity (Wildman–Crippen MR) is 94.3 cm³/mol. The molecule has 0 fully saturated rings. The molecule has 0 aliphatic heterocycles. The van der Waals surface area contributed by atoms with Crippen LogP contribution in [0.4, 0.5) is 0 Å². The highest BCUT2D eigenvalue weighted by Crippen LogP contribution is 2.35. The van der Waals surface area contributed by atoms with E-state index in [1.54, 1.807) is 11.3 Å². The lowest BCUT2D eigenvalue weighted by Gasteiger charge is -1.98. The van der Waals surface area contributed by atoms with Crippen molar-refractivity contribution in [3.63, 3.8) is 0 Å². The summed E-state index contributed by atoms with van der Waals surface area (Å²) >= 11 is 1.68. The van der Waals surface area contributed by atoms with Crippen molar-refractivity contribution >= 4 is 21.6 Å². The Labute approximate surface area is 133 Å². The van der Waals surface area contributed by atoms with Gasteiger partial charge < -0.3 is 0 Å². The Kier molecular flexibility index (Phi) is 3.45. The van der Waals surface area contributed by atoms with E-state index in [0.717, 1.165) is 11.9 Å². The van der Waals surface area contributed by atoms with E-state index < -0.39 is 0 Å². The Balaban J connectivity index is 0.000000122. The summed E-state index contributed by atoms with van der Waals surface area (Å²) in [4.78, 5) is 4.14. The van der Waals surface area contributed by atoms with Crippen LogP contribution in [0.5, 0.6) is 0 Å². The summed E-state index contributed by atoms with van der Waals surface area (Å²) in [6.07, 6.45) is 1.10. The van der Waals surface area contributed by atoms with Gasteiger partial charge in [-0.3, -0.25) is 0 Å². The van der Waals surface area contributed by atoms with Gasteiger partial charge in [-0.2, -0.15) is 0 Å². The summed E-state index contributed by atoms with van der Waals surface area (Å²) in [7, 11) is 0. The summed E-state index contributed by atoms with van der Waals surface area (Å²) in [5, 5.41) is 0. The first-order valence-electron chi connectivity index (χ1n) is 7.36. The van der Waals surface area contributed by atoms with Crippen LogP contribution >= 0.6 is 11.3 Å². The standard InChI is InChI=1S/C13H10.C7H5NS/c1-3-7-12-10(5-1)9-11-6-2-4-8-13(11)12;1-2-4-7-6(3-1)8-5-9-7/h1-8H,9H2;1-5H. The van der Waals surface area contributed by atoms with Gasteiger partial charge in [0.2, 0.25) is 0 Å². The number of thiazole rings is 1. The molecule has 0 saturated carbocycles. The number of benzene rings is 3. The lowest BCUT2D eigenvalue weighted by atomic mass is 10.1. The fraction of sp³-hybridized carbons (Fsp3) is 0.0500. The fourth-order valence-electron chi connectivity index (χ4n) is 2.88. The van der Waals surface area contributed by atoms with Crippen molar-refractivity contribution in [2.75, 3.05) is 0 Å². The first kappa shape index (κ1) is 13.2. The molecule has 0 unspecified atom stereocenters. The van der Waals surface area contributed by atoms with Gasteiger partial charge in [0, 0.05) is 0 Å². The molecule has 2 heteroatoms. The van der Waals surface area contributed by atoms with E-state index in [4.69, 9.17) is 0 Å². The van der Waals surface area contributed by atoms with E-state index in [0.29, 0.717) is 0 Å². The van der Waals surface area contributed by atoms with Crippen molar-refractivity contribution in [3.8, 4) is 11.1 Å². The molecule has 1 aliphatic carbocycles. The number of nitrogens with zero attached hydrogens (tertiary/aromatic N) is 1. The number of hydrogen-bond donors (Lipinski definition) is 0. The van der Waals surface area contributed by atoms with Gasteiger partial charge in [0.25, 0.3) is 0 Å². The quantitative estimate of drug-likeness (QED) is 0.365. The smallest absolute Gasteiger partial charge is 0.0812 e. The van der Waals surface area contributed by atoms with Crippen molar-refractivity contribution < 1.29 is 0 Å². The zero-order valence-corrected chi connectivity index (χ0v) is 12.9. The highest BCUT2D eigenvalue weighted by molar-refractivity contribution is 7.16. The van der Waals surface area contributed by atoms with E-state index in [2.05, 4.69) is 59.6 Å². The molecule has 4 aromatic rings. The Morgan fingerprint density at radius 1 is 0.682 bits per heavy atom. The molecule has 1 aliphatic rings. The Morgan fingerprint density at radius 2 is 1.27 bits per heavy atom. The Hall–Kier alpha value is -2.45. The molecule has 0 amide bonds. The lowest BCUT2D eigenvalue weighted by Crippen LogP contribution is -1.77. The van der Waals surface area contributed by atoms with E-state index in [-0.39, 0.29) is 0 Å². The third-order valence-corrected chi connectivity index (χ3v) is 4.75. The summed E-state index contributed by atoms with van der Waals surface area (Å²) in [6, 6.07) is 25.4. The number of rotatable bonds is 0. The maximum Gasteiger partial charge on any atom is 0.0812 e. The Morgan fingerprint density at radius 3 is 1.95 bits per heavy atom. The van der Waals surface area contributed by atoms with Gasteiger partial charge in [-0.1, -0.05) is 60.7 Å². The lowest BCUT2D eigenvalue weighted by molar-refractivity contribution is 1.26. The van der Waals surface area contributed by atoms with Crippen molar-refractivity contribution in [2.24, 2.45) is 0 Å². The number of aromatic nitrogens is 1. The van der Waals surface area contributed by atoms with E-state index in [1.165, 1.54) is 27.0 Å². The maximum absolute atomic E-state index is 4.14. The van der Waals surface area contributed by atoms with Crippen LogP contribution in [-0.2, 0) is 6.42 Å². The van der Waals surface area contributed by atoms with Crippen molar-refractivity contribution in [1.82, 2.24) is 4.98 Å². The number of para-hydroxylation sites is 1. The van der Waals surface area contributed by atoms with E-state index >= 15 is 0 Å². The first-order valence-corrected chi connectivity index (χ1v) is 8.24. The summed E-state index contributed by atoms with van der Waals surface area (Å²) in [5.74, 6) is 0. The molecule has 1 nitrogen and oxygen atoms in total. The molecule has 0 atom stereocenters. The topological polar surface area (TPSA) is 12.9 Å². The molecule has 0 spiro atoms. The van der Waals surface area contributed by atoms with Crippen LogP contribution in [0.1, 0.15) is 11.1 Å². The minimum Gasteiger partial charge on any atom is -0.245 e. The molecule has 106 valence electrons. The predicted octanol–water partition coefficient (Wildman–Crippen LogP) is 5.55. The van der Waals surface area contributed by atoms with Gasteiger partial charge in [0.1, 0.15) is 0 Å². The normalized spacial score (nSPS) is 11.5. The first-order chi connectivity index (χ1) is 10.9. The third-order valence-electron chi connectivity index (χ3n) is 3.94. The van der Waals surface area contributed by atoms with Gasteiger partial charge in [0.05, 0.1) is 15.7 Å². The molecule has 5 rings (SSSR count). The van der Waals surface area contributed by atoms with E-state index in [9.17, 15) is 0 Å². The summed E-state index contributed by atoms with van der Waals surface area (Å²) in [5.41, 5.74) is 8.72. The molecule has 0 radical (unpaired) electrons. The number of hydrogen-bond acceptors (Lipinski definition) is 2. The van der Waals surface area contributed by atoms with Gasteiger partial charge in [-0.05, 0) is 40.8 Å². The van der Waals surface area contributed by atoms with Crippen LogP contribution < -0.4 is 0 Å². The Bertz CT molecular complexity index is 850. The zero-order chi connectivity index (χ0) is 14.8. The van der Waals surface area contributed by atoms with Crippen LogP contribution in [0.25, 0.3) is 21.3 Å². The van der Waals surface area contributed by atoms with E-state index in [1.807, 2.05) is 23.7 Å². The second-order valence-corrected chi connectivity index (χ2v) is 6.20. The summed E-state index contributed by atoms with van der Waals surface area (Å²) in [6.45, 7) is 0. The molecular weight excluding hydrogens is 286 g/mol. The monoisotopic (exact) mass is 301 g/mol. The molecule has 3 aromatic carbocycles. The zero-order valence-electron chi connectivity index (χ0n) is 12.1. The number of fused-ring (bicyclic) bond motifs is 4. The summed E-state index contributed by atoms with van der Waals surface area (Å²) < 4.78 is 1.26. The molecule has 0 N–H and O–H groups in total. The van der Waals surface area contributed by atoms with Crippen LogP contribution in [-0.4, -0.2) is 4.98 Å². The van der Waals surface area contributed by atoms with Crippen LogP contribution in [0.2, 0.25) is 0 Å². The second-order valence-electron chi connectivity index (χ2n) is 5.31. The molecule has 0 bridgehead atoms. The maximum atomic E-state index is 4.14. The molecular formula is C20H15NS. The van der Waals surface area contributed by atoms with Crippen molar-refractivity contribution in [1.29, 1.82) is 0 Å². The van der Waals surface area contributed by atoms with Gasteiger partial charge in [-0.15, -0.1) is 11.3 Å². The average Bonchev–Trinajstić information content (AvgIpc) is 3.19. The third kappa shape index (κ3) is 2.42. The van der Waals surface area contributed by atoms with Crippen LogP contribution in [0.15, 0.2) is 78.3 Å². The minimum absolute atomic E-state index is 1.10. The SMILES string of the molecule is c1ccc2c(c1)Cc1ccccc1-2.c1ccc2scnc2c1. The van der Waals surface area contributed by atoms with Gasteiger partial charge in [0.15, 0.2) is 0 Å². The second kappa shape index (κ2) is 5.74. The molecule has 0 saturated heterocycles. The highest BCUT2D eigenvalue weighted by Gasteiger charge is 2.15. The van der Waals surface area contributed by atoms with Crippen molar-refractivity contribution in [2.45, 2.75) is 6.42 Å². The fourth-order valence-corrected chi connectivity index (χ4v) is 3.56. The molecule has 1 heterocycles. The van der Waals surface area contributed by atoms with Crippen LogP contribution in [0.3, 0.4) is 0 Å².